The van der Waals surface area contributed by atoms with E-state index in [2.05, 4.69) is 5.32 Å². The summed E-state index contributed by atoms with van der Waals surface area (Å²) in [5.41, 5.74) is 1.19. The summed E-state index contributed by atoms with van der Waals surface area (Å²) in [6.07, 6.45) is 3.49. The maximum Gasteiger partial charge on any atom is 0.352 e. The van der Waals surface area contributed by atoms with Gasteiger partial charge in [-0.25, -0.2) is 9.36 Å². The quantitative estimate of drug-likeness (QED) is 0.192. The first-order valence-electron chi connectivity index (χ1n) is 10.2. The highest BCUT2D eigenvalue weighted by Gasteiger charge is 2.54. The monoisotopic (exact) mass is 574 g/mol. The van der Waals surface area contributed by atoms with Gasteiger partial charge in [-0.1, -0.05) is 34.8 Å². The van der Waals surface area contributed by atoms with E-state index in [1.807, 2.05) is 0 Å². The van der Waals surface area contributed by atoms with E-state index in [1.165, 1.54) is 22.7 Å². The molecule has 1 fully saturated rings. The SMILES string of the molecule is O=C(CSc1cc(Cl)c(Cl)cc1Cl)N[C@@H]1C(=O)N2C(C(=O)O)=C(C[n+]3cccc(CO)c3)CS[C@H]12. The number of aliphatic hydroxyl groups is 1. The highest BCUT2D eigenvalue weighted by Crippen LogP contribution is 2.40. The molecule has 2 aliphatic rings. The van der Waals surface area contributed by atoms with Crippen LogP contribution in [0.15, 0.2) is 52.8 Å². The number of hydrogen-bond acceptors (Lipinski definition) is 6. The molecule has 2 aromatic rings. The number of rotatable bonds is 8. The fraction of sp³-hybridized carbons (Fsp3) is 0.273. The van der Waals surface area contributed by atoms with Gasteiger partial charge in [-0.05, 0) is 18.2 Å². The van der Waals surface area contributed by atoms with Crippen LogP contribution in [-0.2, 0) is 27.5 Å². The van der Waals surface area contributed by atoms with Crippen LogP contribution in [0.3, 0.4) is 0 Å². The Morgan fingerprint density at radius 2 is 1.97 bits per heavy atom. The Kier molecular flexibility index (Phi) is 8.19. The number of nitrogens with zero attached hydrogens (tertiary/aromatic N) is 2. The van der Waals surface area contributed by atoms with Gasteiger partial charge in [-0.2, -0.15) is 0 Å². The first-order valence-corrected chi connectivity index (χ1v) is 13.4. The molecule has 0 unspecified atom stereocenters. The van der Waals surface area contributed by atoms with Gasteiger partial charge >= 0.3 is 5.97 Å². The van der Waals surface area contributed by atoms with Gasteiger partial charge in [-0.15, -0.1) is 23.5 Å². The molecular weight excluding hydrogens is 557 g/mol. The summed E-state index contributed by atoms with van der Waals surface area (Å²) in [6.45, 7) is 0.126. The summed E-state index contributed by atoms with van der Waals surface area (Å²) in [4.78, 5) is 39.2. The molecule has 35 heavy (non-hydrogen) atoms. The maximum atomic E-state index is 12.9. The molecular formula is C22H19Cl3N3O5S2+. The van der Waals surface area contributed by atoms with Crippen LogP contribution in [0.2, 0.25) is 15.1 Å². The van der Waals surface area contributed by atoms with Crippen molar-refractivity contribution in [3.8, 4) is 0 Å². The van der Waals surface area contributed by atoms with Crippen molar-refractivity contribution >= 4 is 76.1 Å². The Hall–Kier alpha value is -1.95. The van der Waals surface area contributed by atoms with Gasteiger partial charge in [0, 0.05) is 27.9 Å². The van der Waals surface area contributed by atoms with E-state index in [-0.39, 0.29) is 24.6 Å². The third-order valence-electron chi connectivity index (χ3n) is 5.38. The first kappa shape index (κ1) is 26.1. The maximum absolute atomic E-state index is 12.9. The van der Waals surface area contributed by atoms with Crippen molar-refractivity contribution in [2.24, 2.45) is 0 Å². The van der Waals surface area contributed by atoms with Crippen molar-refractivity contribution in [3.05, 3.63) is 68.6 Å². The molecule has 0 spiro atoms. The van der Waals surface area contributed by atoms with Crippen molar-refractivity contribution < 1.29 is 29.2 Å². The summed E-state index contributed by atoms with van der Waals surface area (Å²) in [5, 5.41) is 22.3. The molecule has 2 aliphatic heterocycles. The summed E-state index contributed by atoms with van der Waals surface area (Å²) in [7, 11) is 0. The first-order chi connectivity index (χ1) is 16.7. The van der Waals surface area contributed by atoms with Crippen LogP contribution in [0.1, 0.15) is 5.56 Å². The summed E-state index contributed by atoms with van der Waals surface area (Å²) in [6, 6.07) is 5.76. The van der Waals surface area contributed by atoms with E-state index in [1.54, 1.807) is 35.2 Å². The van der Waals surface area contributed by atoms with Crippen LogP contribution in [-0.4, -0.2) is 55.8 Å². The Labute approximate surface area is 224 Å². The van der Waals surface area contributed by atoms with E-state index >= 15 is 0 Å². The van der Waals surface area contributed by atoms with Gasteiger partial charge in [-0.3, -0.25) is 14.5 Å². The zero-order valence-corrected chi connectivity index (χ0v) is 21.8. The number of carbonyl (C=O) groups is 3. The van der Waals surface area contributed by atoms with Crippen LogP contribution in [0, 0.1) is 0 Å². The second-order valence-corrected chi connectivity index (χ2v) is 11.1. The number of fused-ring (bicyclic) bond motifs is 1. The predicted molar refractivity (Wildman–Crippen MR) is 134 cm³/mol. The third kappa shape index (κ3) is 5.58. The number of thioether (sulfide) groups is 2. The topological polar surface area (TPSA) is 111 Å². The number of halogens is 3. The van der Waals surface area contributed by atoms with Crippen LogP contribution < -0.4 is 9.88 Å². The molecule has 2 amide bonds. The summed E-state index contributed by atoms with van der Waals surface area (Å²) in [5.74, 6) is -1.70. The zero-order valence-electron chi connectivity index (χ0n) is 17.9. The molecule has 2 atom stereocenters. The largest absolute Gasteiger partial charge is 0.477 e. The number of nitrogens with one attached hydrogen (secondary N) is 1. The van der Waals surface area contributed by atoms with Gasteiger partial charge in [0.05, 0.1) is 27.4 Å². The fourth-order valence-electron chi connectivity index (χ4n) is 3.77. The molecule has 1 saturated heterocycles. The molecule has 4 rings (SSSR count). The second-order valence-electron chi connectivity index (χ2n) is 7.74. The predicted octanol–water partition coefficient (Wildman–Crippen LogP) is 2.96. The minimum absolute atomic E-state index is 0.0104. The lowest BCUT2D eigenvalue weighted by Gasteiger charge is -2.49. The summed E-state index contributed by atoms with van der Waals surface area (Å²) < 4.78 is 1.76. The Balaban J connectivity index is 1.42. The number of benzene rings is 1. The lowest BCUT2D eigenvalue weighted by atomic mass is 10.0. The zero-order chi connectivity index (χ0) is 25.3. The number of pyridine rings is 1. The normalized spacial score (nSPS) is 19.3. The Morgan fingerprint density at radius 3 is 2.69 bits per heavy atom. The third-order valence-corrected chi connectivity index (χ3v) is 8.92. The van der Waals surface area contributed by atoms with Crippen LogP contribution in [0.4, 0.5) is 0 Å². The summed E-state index contributed by atoms with van der Waals surface area (Å²) >= 11 is 20.6. The van der Waals surface area contributed by atoms with Crippen molar-refractivity contribution in [1.82, 2.24) is 10.2 Å². The minimum Gasteiger partial charge on any atom is -0.477 e. The van der Waals surface area contributed by atoms with E-state index in [0.717, 1.165) is 11.8 Å². The molecule has 0 aliphatic carbocycles. The van der Waals surface area contributed by atoms with E-state index in [0.29, 0.717) is 36.9 Å². The van der Waals surface area contributed by atoms with Gasteiger partial charge in [0.25, 0.3) is 5.91 Å². The molecule has 3 heterocycles. The smallest absolute Gasteiger partial charge is 0.352 e. The highest BCUT2D eigenvalue weighted by molar-refractivity contribution is 8.00. The number of aromatic nitrogens is 1. The number of aliphatic carboxylic acids is 1. The molecule has 0 bridgehead atoms. The number of carbonyl (C=O) groups excluding carboxylic acids is 2. The molecule has 184 valence electrons. The van der Waals surface area contributed by atoms with E-state index < -0.39 is 29.2 Å². The second kappa shape index (κ2) is 11.0. The average Bonchev–Trinajstić information content (AvgIpc) is 2.83. The number of amides is 2. The molecule has 13 heteroatoms. The van der Waals surface area contributed by atoms with Gasteiger partial charge in [0.2, 0.25) is 5.91 Å². The fourth-order valence-corrected chi connectivity index (χ4v) is 6.65. The molecule has 8 nitrogen and oxygen atoms in total. The average molecular weight is 576 g/mol. The van der Waals surface area contributed by atoms with Crippen molar-refractivity contribution in [1.29, 1.82) is 0 Å². The van der Waals surface area contributed by atoms with Gasteiger partial charge in [0.15, 0.2) is 18.9 Å². The molecule has 0 radical (unpaired) electrons. The number of hydrogen-bond donors (Lipinski definition) is 3. The lowest BCUT2D eigenvalue weighted by molar-refractivity contribution is -0.689. The Morgan fingerprint density at radius 1 is 1.23 bits per heavy atom. The standard InChI is InChI=1S/C22H18Cl3N3O5S2/c23-13-4-15(25)16(5-14(13)24)34-10-17(30)26-18-20(31)28-19(22(32)33)12(9-35-21(18)28)7-27-3-1-2-11(6-27)8-29/h1-6,18,21,29H,7-10H2,(H-,26,30,32,33)/p+1/t18-,21-/m1/s1. The molecule has 0 saturated carbocycles. The van der Waals surface area contributed by atoms with Gasteiger partial charge in [0.1, 0.15) is 17.1 Å². The van der Waals surface area contributed by atoms with Crippen LogP contribution in [0.5, 0.6) is 0 Å². The number of carboxylic acid groups (broad SMARTS) is 1. The van der Waals surface area contributed by atoms with Crippen LogP contribution >= 0.6 is 58.3 Å². The van der Waals surface area contributed by atoms with Crippen LogP contribution in [0.25, 0.3) is 0 Å². The van der Waals surface area contributed by atoms with E-state index in [9.17, 15) is 24.6 Å². The number of carboxylic acids is 1. The molecule has 1 aromatic carbocycles. The Bertz CT molecular complexity index is 1240. The van der Waals surface area contributed by atoms with E-state index in [4.69, 9.17) is 34.8 Å². The van der Waals surface area contributed by atoms with Crippen molar-refractivity contribution in [2.45, 2.75) is 29.5 Å². The number of β-lactam (4-membered cyclic amide) rings is 1. The minimum atomic E-state index is -1.20. The van der Waals surface area contributed by atoms with Crippen molar-refractivity contribution in [2.75, 3.05) is 11.5 Å². The van der Waals surface area contributed by atoms with Crippen molar-refractivity contribution in [3.63, 3.8) is 0 Å². The number of aliphatic hydroxyl groups excluding tert-OH is 1. The highest BCUT2D eigenvalue weighted by atomic mass is 35.5. The molecule has 3 N–H and O–H groups in total. The van der Waals surface area contributed by atoms with Gasteiger partial charge < -0.3 is 15.5 Å². The molecule has 1 aromatic heterocycles. The lowest BCUT2D eigenvalue weighted by Crippen LogP contribution is -2.71.